The predicted octanol–water partition coefficient (Wildman–Crippen LogP) is 10.8. The third-order valence-electron chi connectivity index (χ3n) is 6.66. The van der Waals surface area contributed by atoms with Gasteiger partial charge >= 0.3 is 5.95 Å². The molecule has 0 rings (SSSR count). The van der Waals surface area contributed by atoms with Gasteiger partial charge in [-0.15, -0.1) is 0 Å². The van der Waals surface area contributed by atoms with Crippen molar-refractivity contribution in [2.75, 3.05) is 26.6 Å². The summed E-state index contributed by atoms with van der Waals surface area (Å²) in [5.74, 6) is 1.47. The third-order valence-corrected chi connectivity index (χ3v) is 6.66. The van der Waals surface area contributed by atoms with Crippen LogP contribution in [0.25, 0.3) is 0 Å². The van der Waals surface area contributed by atoms with Gasteiger partial charge in [0, 0.05) is 6.42 Å². The number of ether oxygens (including phenoxy) is 4. The van der Waals surface area contributed by atoms with E-state index in [1.54, 1.807) is 0 Å². The standard InChI is InChI=1S/C32H64O4/c1-5-9-13-16-19-23-27-33-30-36-32(35-29-25-21-18-15-11-7-3)31(26-22-12-8-4)34-28-24-20-17-14-10-6-2/h5-30H2,1-4H3. The Morgan fingerprint density at radius 2 is 0.806 bits per heavy atom. The largest absolute Gasteiger partial charge is 0.491 e. The lowest BCUT2D eigenvalue weighted by molar-refractivity contribution is -0.0846. The Morgan fingerprint density at radius 3 is 1.33 bits per heavy atom. The Bertz CT molecular complexity index is 449. The summed E-state index contributed by atoms with van der Waals surface area (Å²) in [5, 5.41) is 0. The van der Waals surface area contributed by atoms with E-state index in [0.717, 1.165) is 51.1 Å². The Balaban J connectivity index is 4.69. The summed E-state index contributed by atoms with van der Waals surface area (Å²) in [5.41, 5.74) is 0. The molecule has 0 aliphatic carbocycles. The van der Waals surface area contributed by atoms with Crippen LogP contribution in [0.1, 0.15) is 169 Å². The molecule has 0 N–H and O–H groups in total. The highest BCUT2D eigenvalue weighted by Gasteiger charge is 2.13. The van der Waals surface area contributed by atoms with E-state index in [2.05, 4.69) is 27.7 Å². The fourth-order valence-electron chi connectivity index (χ4n) is 4.23. The molecule has 0 aromatic rings. The molecule has 0 aromatic heterocycles. The SMILES string of the molecule is CCCCCCCCOCOC(OCCCCCCCC)=C(CCCCC)OCCCCCCCC. The van der Waals surface area contributed by atoms with E-state index >= 15 is 0 Å². The number of rotatable bonds is 30. The van der Waals surface area contributed by atoms with Crippen molar-refractivity contribution in [3.63, 3.8) is 0 Å². The molecular formula is C32H64O4. The van der Waals surface area contributed by atoms with E-state index in [4.69, 9.17) is 18.9 Å². The molecule has 216 valence electrons. The van der Waals surface area contributed by atoms with Crippen molar-refractivity contribution in [1.82, 2.24) is 0 Å². The van der Waals surface area contributed by atoms with Crippen molar-refractivity contribution < 1.29 is 18.9 Å². The number of allylic oxidation sites excluding steroid dienone is 1. The molecule has 0 heterocycles. The summed E-state index contributed by atoms with van der Waals surface area (Å²) in [6.45, 7) is 11.5. The van der Waals surface area contributed by atoms with Gasteiger partial charge in [0.2, 0.25) is 0 Å². The first-order chi connectivity index (χ1) is 17.8. The van der Waals surface area contributed by atoms with Gasteiger partial charge in [0.1, 0.15) is 0 Å². The van der Waals surface area contributed by atoms with Crippen LogP contribution >= 0.6 is 0 Å². The highest BCUT2D eigenvalue weighted by molar-refractivity contribution is 4.95. The van der Waals surface area contributed by atoms with Crippen LogP contribution in [0.3, 0.4) is 0 Å². The minimum atomic E-state index is 0.248. The van der Waals surface area contributed by atoms with Gasteiger partial charge in [-0.05, 0) is 25.7 Å². The summed E-state index contributed by atoms with van der Waals surface area (Å²) in [7, 11) is 0. The van der Waals surface area contributed by atoms with Crippen molar-refractivity contribution >= 4 is 0 Å². The van der Waals surface area contributed by atoms with Gasteiger partial charge in [-0.25, -0.2) is 0 Å². The molecule has 0 amide bonds. The van der Waals surface area contributed by atoms with Crippen molar-refractivity contribution in [1.29, 1.82) is 0 Å². The smallest absolute Gasteiger partial charge is 0.321 e. The summed E-state index contributed by atoms with van der Waals surface area (Å²) >= 11 is 0. The van der Waals surface area contributed by atoms with Gasteiger partial charge < -0.3 is 18.9 Å². The zero-order valence-electron chi connectivity index (χ0n) is 25.0. The maximum absolute atomic E-state index is 6.27. The molecule has 0 saturated heterocycles. The second-order valence-electron chi connectivity index (χ2n) is 10.3. The topological polar surface area (TPSA) is 36.9 Å². The van der Waals surface area contributed by atoms with Gasteiger partial charge in [0.25, 0.3) is 0 Å². The predicted molar refractivity (Wildman–Crippen MR) is 155 cm³/mol. The summed E-state index contributed by atoms with van der Waals surface area (Å²) < 4.78 is 24.3. The third kappa shape index (κ3) is 24.8. The molecular weight excluding hydrogens is 448 g/mol. The van der Waals surface area contributed by atoms with Crippen molar-refractivity contribution in [3.05, 3.63) is 11.7 Å². The van der Waals surface area contributed by atoms with Crippen molar-refractivity contribution in [3.8, 4) is 0 Å². The Kier molecular flexibility index (Phi) is 29.6. The average molecular weight is 513 g/mol. The second kappa shape index (κ2) is 30.3. The molecule has 0 bridgehead atoms. The maximum Gasteiger partial charge on any atom is 0.321 e. The fourth-order valence-corrected chi connectivity index (χ4v) is 4.23. The lowest BCUT2D eigenvalue weighted by atomic mass is 10.1. The highest BCUT2D eigenvalue weighted by Crippen LogP contribution is 2.20. The van der Waals surface area contributed by atoms with Crippen LogP contribution in [-0.4, -0.2) is 26.6 Å². The van der Waals surface area contributed by atoms with Crippen LogP contribution in [0.2, 0.25) is 0 Å². The van der Waals surface area contributed by atoms with Crippen LogP contribution in [0.4, 0.5) is 0 Å². The molecule has 0 atom stereocenters. The van der Waals surface area contributed by atoms with Crippen molar-refractivity contribution in [2.45, 2.75) is 169 Å². The number of unbranched alkanes of at least 4 members (excludes halogenated alkanes) is 17. The number of hydrogen-bond acceptors (Lipinski definition) is 4. The molecule has 0 radical (unpaired) electrons. The van der Waals surface area contributed by atoms with Crippen LogP contribution in [0, 0.1) is 0 Å². The Hall–Kier alpha value is -0.900. The van der Waals surface area contributed by atoms with Gasteiger partial charge in [-0.2, -0.15) is 0 Å². The van der Waals surface area contributed by atoms with E-state index < -0.39 is 0 Å². The lowest BCUT2D eigenvalue weighted by Gasteiger charge is -2.18. The van der Waals surface area contributed by atoms with Crippen LogP contribution in [0.5, 0.6) is 0 Å². The molecule has 0 aliphatic heterocycles. The van der Waals surface area contributed by atoms with Crippen LogP contribution in [-0.2, 0) is 18.9 Å². The molecule has 0 fully saturated rings. The van der Waals surface area contributed by atoms with Gasteiger partial charge in [-0.1, -0.05) is 137 Å². The lowest BCUT2D eigenvalue weighted by Crippen LogP contribution is -2.10. The molecule has 4 heteroatoms. The van der Waals surface area contributed by atoms with E-state index in [0.29, 0.717) is 12.6 Å². The monoisotopic (exact) mass is 512 g/mol. The molecule has 4 nitrogen and oxygen atoms in total. The van der Waals surface area contributed by atoms with Gasteiger partial charge in [0.05, 0.1) is 19.8 Å². The second-order valence-corrected chi connectivity index (χ2v) is 10.3. The summed E-state index contributed by atoms with van der Waals surface area (Å²) in [6, 6.07) is 0. The quantitative estimate of drug-likeness (QED) is 0.0544. The summed E-state index contributed by atoms with van der Waals surface area (Å²) in [6.07, 6.45) is 27.1. The van der Waals surface area contributed by atoms with Crippen molar-refractivity contribution in [2.24, 2.45) is 0 Å². The zero-order chi connectivity index (χ0) is 26.4. The average Bonchev–Trinajstić information content (AvgIpc) is 2.89. The summed E-state index contributed by atoms with van der Waals surface area (Å²) in [4.78, 5) is 0. The Morgan fingerprint density at radius 1 is 0.389 bits per heavy atom. The van der Waals surface area contributed by atoms with E-state index in [1.165, 1.54) is 109 Å². The molecule has 0 spiro atoms. The van der Waals surface area contributed by atoms with Crippen LogP contribution < -0.4 is 0 Å². The first-order valence-electron chi connectivity index (χ1n) is 16.0. The molecule has 0 unspecified atom stereocenters. The van der Waals surface area contributed by atoms with Gasteiger partial charge in [-0.3, -0.25) is 0 Å². The molecule has 0 saturated carbocycles. The first-order valence-corrected chi connectivity index (χ1v) is 16.0. The molecule has 0 aliphatic rings. The minimum Gasteiger partial charge on any atom is -0.491 e. The highest BCUT2D eigenvalue weighted by atomic mass is 16.7. The maximum atomic E-state index is 6.27. The number of hydrogen-bond donors (Lipinski definition) is 0. The normalized spacial score (nSPS) is 12.0. The fraction of sp³-hybridized carbons (Fsp3) is 0.938. The minimum absolute atomic E-state index is 0.248. The Labute approximate surface area is 226 Å². The van der Waals surface area contributed by atoms with Gasteiger partial charge in [0.15, 0.2) is 12.6 Å². The first kappa shape index (κ1) is 35.1. The molecule has 36 heavy (non-hydrogen) atoms. The molecule has 0 aromatic carbocycles. The van der Waals surface area contributed by atoms with E-state index in [1.807, 2.05) is 0 Å². The van der Waals surface area contributed by atoms with E-state index in [9.17, 15) is 0 Å². The zero-order valence-corrected chi connectivity index (χ0v) is 25.0. The van der Waals surface area contributed by atoms with Crippen LogP contribution in [0.15, 0.2) is 11.7 Å². The van der Waals surface area contributed by atoms with E-state index in [-0.39, 0.29) is 6.79 Å².